The number of ether oxygens (including phenoxy) is 2. The van der Waals surface area contributed by atoms with Crippen molar-refractivity contribution in [2.24, 2.45) is 50.7 Å². The molecule has 5 saturated carbocycles. The van der Waals surface area contributed by atoms with Crippen LogP contribution in [0.5, 0.6) is 11.5 Å². The zero-order chi connectivity index (χ0) is 32.6. The molecule has 9 atom stereocenters. The molecular formula is C41H60O4. The smallest absolute Gasteiger partial charge is 0.331 e. The van der Waals surface area contributed by atoms with Gasteiger partial charge in [0.1, 0.15) is 6.10 Å². The minimum absolute atomic E-state index is 0.0326. The van der Waals surface area contributed by atoms with Crippen LogP contribution in [-0.2, 0) is 9.53 Å². The van der Waals surface area contributed by atoms with Gasteiger partial charge < -0.3 is 14.6 Å². The van der Waals surface area contributed by atoms with E-state index in [4.69, 9.17) is 9.47 Å². The third kappa shape index (κ3) is 4.85. The van der Waals surface area contributed by atoms with Gasteiger partial charge in [-0.2, -0.15) is 0 Å². The van der Waals surface area contributed by atoms with Gasteiger partial charge >= 0.3 is 5.97 Å². The zero-order valence-corrected chi connectivity index (χ0v) is 29.7. The van der Waals surface area contributed by atoms with Gasteiger partial charge in [0.2, 0.25) is 0 Å². The van der Waals surface area contributed by atoms with E-state index in [9.17, 15) is 9.90 Å². The molecule has 4 nitrogen and oxygen atoms in total. The lowest BCUT2D eigenvalue weighted by Gasteiger charge is -2.63. The molecule has 0 heterocycles. The number of aromatic hydroxyl groups is 1. The summed E-state index contributed by atoms with van der Waals surface area (Å²) in [6, 6.07) is 5.09. The van der Waals surface area contributed by atoms with E-state index in [2.05, 4.69) is 55.4 Å². The summed E-state index contributed by atoms with van der Waals surface area (Å²) in [6.07, 6.45) is 17.7. The lowest BCUT2D eigenvalue weighted by molar-refractivity contribution is -0.179. The van der Waals surface area contributed by atoms with Crippen LogP contribution >= 0.6 is 0 Å². The molecular weight excluding hydrogens is 556 g/mol. The third-order valence-electron chi connectivity index (χ3n) is 15.5. The van der Waals surface area contributed by atoms with Crippen molar-refractivity contribution in [2.45, 2.75) is 132 Å². The summed E-state index contributed by atoms with van der Waals surface area (Å²) in [7, 11) is 1.53. The Labute approximate surface area is 273 Å². The highest BCUT2D eigenvalue weighted by molar-refractivity contribution is 5.87. The van der Waals surface area contributed by atoms with E-state index in [1.807, 2.05) is 0 Å². The van der Waals surface area contributed by atoms with Gasteiger partial charge in [-0.25, -0.2) is 4.79 Å². The van der Waals surface area contributed by atoms with Crippen LogP contribution in [0.1, 0.15) is 132 Å². The highest BCUT2D eigenvalue weighted by Gasteiger charge is 2.82. The Kier molecular flexibility index (Phi) is 8.13. The molecule has 4 heteroatoms. The average Bonchev–Trinajstić information content (AvgIpc) is 3.58. The molecule has 2 spiro atoms. The van der Waals surface area contributed by atoms with Gasteiger partial charge in [-0.3, -0.25) is 0 Å². The number of methoxy groups -OCH3 is 1. The van der Waals surface area contributed by atoms with Crippen LogP contribution in [0.3, 0.4) is 0 Å². The Balaban J connectivity index is 1.15. The van der Waals surface area contributed by atoms with E-state index in [0.717, 1.165) is 29.7 Å². The van der Waals surface area contributed by atoms with Crippen LogP contribution < -0.4 is 4.74 Å². The van der Waals surface area contributed by atoms with Crippen LogP contribution in [0.4, 0.5) is 0 Å². The van der Waals surface area contributed by atoms with Crippen LogP contribution in [0.25, 0.3) is 6.08 Å². The highest BCUT2D eigenvalue weighted by atomic mass is 16.5. The van der Waals surface area contributed by atoms with Gasteiger partial charge in [0, 0.05) is 11.5 Å². The first-order chi connectivity index (χ1) is 21.1. The van der Waals surface area contributed by atoms with E-state index in [0.29, 0.717) is 33.3 Å². The SMILES string of the molecule is COc1cc(C=CC(=O)OC2CCC34CC35CCC3(C)C(C(C)CCC(C)=C(C)C)CCC3(C)C5CCC4C2(C)C)ccc1O. The molecule has 0 aliphatic heterocycles. The standard InChI is InChI=1S/C41H60O4/c1-26(2)27(3)10-11-28(4)30-18-20-39(8)34-16-15-33-37(5,6)35(19-21-40(33)25-41(34,40)23-22-38(30,39)7)45-36(43)17-13-29-12-14-31(42)32(24-29)44-9/h12-14,17,24,28,30,33-35,42H,10-11,15-16,18-23,25H2,1-9H3. The summed E-state index contributed by atoms with van der Waals surface area (Å²) in [5, 5.41) is 9.89. The van der Waals surface area contributed by atoms with Gasteiger partial charge in [0.15, 0.2) is 11.5 Å². The quantitative estimate of drug-likeness (QED) is 0.179. The predicted octanol–water partition coefficient (Wildman–Crippen LogP) is 10.5. The largest absolute Gasteiger partial charge is 0.504 e. The Bertz CT molecular complexity index is 1380. The fraction of sp³-hybridized carbons (Fsp3) is 0.732. The van der Waals surface area contributed by atoms with Crippen molar-refractivity contribution in [1.82, 2.24) is 0 Å². The summed E-state index contributed by atoms with van der Waals surface area (Å²) < 4.78 is 11.5. The normalized spacial score (nSPS) is 40.0. The molecule has 0 aromatic heterocycles. The van der Waals surface area contributed by atoms with E-state index < -0.39 is 0 Å². The Morgan fingerprint density at radius 1 is 0.956 bits per heavy atom. The van der Waals surface area contributed by atoms with Gasteiger partial charge in [-0.15, -0.1) is 0 Å². The molecule has 5 aliphatic rings. The zero-order valence-electron chi connectivity index (χ0n) is 29.7. The van der Waals surface area contributed by atoms with E-state index in [-0.39, 0.29) is 23.2 Å². The summed E-state index contributed by atoms with van der Waals surface area (Å²) in [6.45, 7) is 19.7. The molecule has 9 unspecified atom stereocenters. The summed E-state index contributed by atoms with van der Waals surface area (Å²) in [4.78, 5) is 13.1. The van der Waals surface area contributed by atoms with Gasteiger partial charge in [-0.1, -0.05) is 51.8 Å². The third-order valence-corrected chi connectivity index (χ3v) is 15.5. The maximum absolute atomic E-state index is 13.1. The molecule has 5 fully saturated rings. The highest BCUT2D eigenvalue weighted by Crippen LogP contribution is 2.89. The number of allylic oxidation sites excluding steroid dienone is 2. The minimum Gasteiger partial charge on any atom is -0.504 e. The van der Waals surface area contributed by atoms with Crippen molar-refractivity contribution < 1.29 is 19.4 Å². The van der Waals surface area contributed by atoms with E-state index in [1.54, 1.807) is 29.8 Å². The molecule has 0 radical (unpaired) electrons. The maximum Gasteiger partial charge on any atom is 0.331 e. The first-order valence-corrected chi connectivity index (χ1v) is 18.0. The number of carbonyl (C=O) groups excluding carboxylic acids is 1. The number of benzene rings is 1. The molecule has 6 rings (SSSR count). The number of hydrogen-bond acceptors (Lipinski definition) is 4. The number of esters is 1. The van der Waals surface area contributed by atoms with Crippen LogP contribution in [0.2, 0.25) is 0 Å². The maximum atomic E-state index is 13.1. The van der Waals surface area contributed by atoms with Crippen molar-refractivity contribution in [2.75, 3.05) is 7.11 Å². The minimum atomic E-state index is -0.276. The van der Waals surface area contributed by atoms with Gasteiger partial charge in [0.05, 0.1) is 7.11 Å². The molecule has 248 valence electrons. The second-order valence-electron chi connectivity index (χ2n) is 17.5. The van der Waals surface area contributed by atoms with Gasteiger partial charge in [0.25, 0.3) is 0 Å². The number of rotatable bonds is 8. The lowest BCUT2D eigenvalue weighted by Crippen LogP contribution is -2.58. The molecule has 45 heavy (non-hydrogen) atoms. The first-order valence-electron chi connectivity index (χ1n) is 18.0. The molecule has 0 amide bonds. The summed E-state index contributed by atoms with van der Waals surface area (Å²) in [5.41, 5.74) is 5.69. The number of hydrogen-bond donors (Lipinski definition) is 1. The van der Waals surface area contributed by atoms with Crippen molar-refractivity contribution >= 4 is 12.0 Å². The van der Waals surface area contributed by atoms with Crippen LogP contribution in [0, 0.1) is 50.7 Å². The fourth-order valence-electron chi connectivity index (χ4n) is 12.5. The molecule has 5 aliphatic carbocycles. The topological polar surface area (TPSA) is 55.8 Å². The number of fused-ring (bicyclic) bond motifs is 2. The second kappa shape index (κ2) is 11.2. The molecule has 1 N–H and O–H groups in total. The number of phenolic OH excluding ortho intramolecular Hbond substituents is 1. The predicted molar refractivity (Wildman–Crippen MR) is 183 cm³/mol. The molecule has 1 aromatic rings. The molecule has 0 saturated heterocycles. The lowest BCUT2D eigenvalue weighted by atomic mass is 9.41. The van der Waals surface area contributed by atoms with E-state index in [1.165, 1.54) is 83.0 Å². The van der Waals surface area contributed by atoms with Crippen molar-refractivity contribution in [1.29, 1.82) is 0 Å². The molecule has 1 aromatic carbocycles. The van der Waals surface area contributed by atoms with Crippen molar-refractivity contribution in [3.8, 4) is 11.5 Å². The van der Waals surface area contributed by atoms with Crippen LogP contribution in [-0.4, -0.2) is 24.3 Å². The Morgan fingerprint density at radius 3 is 2.38 bits per heavy atom. The fourth-order valence-corrected chi connectivity index (χ4v) is 12.5. The number of phenols is 1. The molecule has 0 bridgehead atoms. The van der Waals surface area contributed by atoms with Crippen molar-refractivity contribution in [3.63, 3.8) is 0 Å². The van der Waals surface area contributed by atoms with Crippen LogP contribution in [0.15, 0.2) is 35.4 Å². The monoisotopic (exact) mass is 616 g/mol. The average molecular weight is 617 g/mol. The first kappa shape index (κ1) is 32.7. The van der Waals surface area contributed by atoms with Crippen molar-refractivity contribution in [3.05, 3.63) is 41.0 Å². The summed E-state index contributed by atoms with van der Waals surface area (Å²) >= 11 is 0. The Hall–Kier alpha value is -2.23. The summed E-state index contributed by atoms with van der Waals surface area (Å²) in [5.74, 6) is 3.31. The Morgan fingerprint density at radius 2 is 1.67 bits per heavy atom. The van der Waals surface area contributed by atoms with Gasteiger partial charge in [-0.05, 0) is 161 Å². The second-order valence-corrected chi connectivity index (χ2v) is 17.5. The number of carbonyl (C=O) groups is 1. The van der Waals surface area contributed by atoms with E-state index >= 15 is 0 Å².